The lowest BCUT2D eigenvalue weighted by atomic mass is 10.0. The Labute approximate surface area is 108 Å². The fraction of sp³-hybridized carbons (Fsp3) is 0.417. The van der Waals surface area contributed by atoms with Gasteiger partial charge in [-0.3, -0.25) is 4.79 Å². The zero-order valence-electron chi connectivity index (χ0n) is 8.85. The Morgan fingerprint density at radius 3 is 2.69 bits per heavy atom. The summed E-state index contributed by atoms with van der Waals surface area (Å²) < 4.78 is 1.09. The first-order valence-electron chi connectivity index (χ1n) is 5.59. The van der Waals surface area contributed by atoms with E-state index in [2.05, 4.69) is 33.2 Å². The van der Waals surface area contributed by atoms with Gasteiger partial charge in [-0.1, -0.05) is 0 Å². The summed E-state index contributed by atoms with van der Waals surface area (Å²) in [5.74, 6) is 0.0640. The van der Waals surface area contributed by atoms with Gasteiger partial charge in [0, 0.05) is 9.26 Å². The Morgan fingerprint density at radius 2 is 1.94 bits per heavy atom. The number of carbonyl (C=O) groups excluding carboxylic acids is 1. The molecule has 0 saturated heterocycles. The lowest BCUT2D eigenvalue weighted by molar-refractivity contribution is 0.0902. The van der Waals surface area contributed by atoms with Crippen molar-refractivity contribution in [3.05, 3.63) is 27.3 Å². The summed E-state index contributed by atoms with van der Waals surface area (Å²) in [6, 6.07) is 5.98. The molecule has 1 aliphatic heterocycles. The van der Waals surface area contributed by atoms with Crippen molar-refractivity contribution < 1.29 is 4.79 Å². The van der Waals surface area contributed by atoms with Crippen LogP contribution in [-0.2, 0) is 0 Å². The van der Waals surface area contributed by atoms with E-state index in [0.29, 0.717) is 0 Å². The molecule has 1 amide bonds. The molecule has 1 aromatic rings. The zero-order valence-corrected chi connectivity index (χ0v) is 11.0. The third-order valence-corrected chi connectivity index (χ3v) is 4.08. The van der Waals surface area contributed by atoms with Crippen LogP contribution in [0.2, 0.25) is 0 Å². The van der Waals surface area contributed by atoms with Crippen LogP contribution in [0.25, 0.3) is 0 Å². The van der Waals surface area contributed by atoms with Crippen molar-refractivity contribution in [3.8, 4) is 0 Å². The summed E-state index contributed by atoms with van der Waals surface area (Å²) in [7, 11) is 0. The molecule has 3 nitrogen and oxygen atoms in total. The van der Waals surface area contributed by atoms with Crippen LogP contribution in [0, 0.1) is 3.57 Å². The standard InChI is InChI=1S/C12H13IN2O/c13-8-3-4-10-9(7-8)11(16)15-12(14-10)5-1-2-6-12/h3-4,7,14H,1-2,5-6H2,(H,15,16). The van der Waals surface area contributed by atoms with Crippen LogP contribution in [0.4, 0.5) is 5.69 Å². The fourth-order valence-electron chi connectivity index (χ4n) is 2.62. The van der Waals surface area contributed by atoms with Gasteiger partial charge in [-0.15, -0.1) is 0 Å². The molecule has 2 aliphatic rings. The van der Waals surface area contributed by atoms with Crippen LogP contribution in [0.1, 0.15) is 36.0 Å². The van der Waals surface area contributed by atoms with Crippen molar-refractivity contribution >= 4 is 34.2 Å². The predicted octanol–water partition coefficient (Wildman–Crippen LogP) is 2.72. The average Bonchev–Trinajstić information content (AvgIpc) is 2.68. The minimum absolute atomic E-state index is 0.0640. The van der Waals surface area contributed by atoms with E-state index in [-0.39, 0.29) is 11.6 Å². The Bertz CT molecular complexity index is 452. The first-order chi connectivity index (χ1) is 7.69. The van der Waals surface area contributed by atoms with Gasteiger partial charge in [0.2, 0.25) is 0 Å². The molecule has 1 fully saturated rings. The summed E-state index contributed by atoms with van der Waals surface area (Å²) in [5, 5.41) is 6.62. The summed E-state index contributed by atoms with van der Waals surface area (Å²) in [6.07, 6.45) is 4.44. The highest BCUT2D eigenvalue weighted by Crippen LogP contribution is 2.35. The van der Waals surface area contributed by atoms with Crippen LogP contribution in [0.5, 0.6) is 0 Å². The molecule has 84 valence electrons. The fourth-order valence-corrected chi connectivity index (χ4v) is 3.11. The maximum Gasteiger partial charge on any atom is 0.255 e. The number of carbonyl (C=O) groups is 1. The topological polar surface area (TPSA) is 41.1 Å². The van der Waals surface area contributed by atoms with Gasteiger partial charge < -0.3 is 10.6 Å². The van der Waals surface area contributed by atoms with Crippen molar-refractivity contribution in [1.82, 2.24) is 5.32 Å². The second kappa shape index (κ2) is 3.61. The van der Waals surface area contributed by atoms with E-state index in [0.717, 1.165) is 27.7 Å². The number of hydrogen-bond donors (Lipinski definition) is 2. The normalized spacial score (nSPS) is 21.4. The smallest absolute Gasteiger partial charge is 0.255 e. The lowest BCUT2D eigenvalue weighted by Gasteiger charge is -2.37. The van der Waals surface area contributed by atoms with Crippen molar-refractivity contribution in [2.75, 3.05) is 5.32 Å². The maximum absolute atomic E-state index is 12.0. The van der Waals surface area contributed by atoms with E-state index in [4.69, 9.17) is 0 Å². The predicted molar refractivity (Wildman–Crippen MR) is 71.4 cm³/mol. The monoisotopic (exact) mass is 328 g/mol. The van der Waals surface area contributed by atoms with Gasteiger partial charge in [0.25, 0.3) is 5.91 Å². The molecular formula is C12H13IN2O. The van der Waals surface area contributed by atoms with Crippen molar-refractivity contribution in [3.63, 3.8) is 0 Å². The van der Waals surface area contributed by atoms with Crippen molar-refractivity contribution in [2.24, 2.45) is 0 Å². The Hall–Kier alpha value is -0.780. The van der Waals surface area contributed by atoms with Crippen LogP contribution in [-0.4, -0.2) is 11.6 Å². The average molecular weight is 328 g/mol. The SMILES string of the molecule is O=C1NC2(CCCC2)Nc2ccc(I)cc21. The third kappa shape index (κ3) is 1.59. The zero-order chi connectivity index (χ0) is 11.2. The maximum atomic E-state index is 12.0. The van der Waals surface area contributed by atoms with Gasteiger partial charge in [0.05, 0.1) is 5.56 Å². The molecule has 16 heavy (non-hydrogen) atoms. The van der Waals surface area contributed by atoms with Crippen LogP contribution in [0.15, 0.2) is 18.2 Å². The summed E-state index contributed by atoms with van der Waals surface area (Å²) in [4.78, 5) is 12.0. The van der Waals surface area contributed by atoms with Gasteiger partial charge in [0.15, 0.2) is 0 Å². The first-order valence-corrected chi connectivity index (χ1v) is 6.67. The van der Waals surface area contributed by atoms with E-state index in [1.54, 1.807) is 0 Å². The number of benzene rings is 1. The van der Waals surface area contributed by atoms with Gasteiger partial charge in [-0.2, -0.15) is 0 Å². The summed E-state index contributed by atoms with van der Waals surface area (Å²) >= 11 is 2.23. The lowest BCUT2D eigenvalue weighted by Crippen LogP contribution is -2.55. The van der Waals surface area contributed by atoms with Crippen molar-refractivity contribution in [1.29, 1.82) is 0 Å². The number of anilines is 1. The number of halogens is 1. The molecule has 4 heteroatoms. The second-order valence-electron chi connectivity index (χ2n) is 4.56. The molecule has 1 aromatic carbocycles. The van der Waals surface area contributed by atoms with Crippen molar-refractivity contribution in [2.45, 2.75) is 31.3 Å². The molecule has 2 N–H and O–H groups in total. The quantitative estimate of drug-likeness (QED) is 0.719. The van der Waals surface area contributed by atoms with E-state index in [1.165, 1.54) is 12.8 Å². The molecule has 1 saturated carbocycles. The van der Waals surface area contributed by atoms with Gasteiger partial charge >= 0.3 is 0 Å². The largest absolute Gasteiger partial charge is 0.362 e. The highest BCUT2D eigenvalue weighted by molar-refractivity contribution is 14.1. The Balaban J connectivity index is 2.02. The minimum atomic E-state index is -0.170. The molecule has 1 heterocycles. The van der Waals surface area contributed by atoms with Gasteiger partial charge in [-0.05, 0) is 66.5 Å². The van der Waals surface area contributed by atoms with Crippen LogP contribution < -0.4 is 10.6 Å². The Morgan fingerprint density at radius 1 is 1.19 bits per heavy atom. The summed E-state index contributed by atoms with van der Waals surface area (Å²) in [5.41, 5.74) is 1.58. The second-order valence-corrected chi connectivity index (χ2v) is 5.80. The van der Waals surface area contributed by atoms with E-state index >= 15 is 0 Å². The molecule has 0 radical (unpaired) electrons. The number of hydrogen-bond acceptors (Lipinski definition) is 2. The highest BCUT2D eigenvalue weighted by Gasteiger charge is 2.39. The molecule has 0 atom stereocenters. The number of fused-ring (bicyclic) bond motifs is 1. The molecule has 3 rings (SSSR count). The number of amides is 1. The molecule has 1 aliphatic carbocycles. The van der Waals surface area contributed by atoms with Crippen LogP contribution in [0.3, 0.4) is 0 Å². The van der Waals surface area contributed by atoms with Gasteiger partial charge in [-0.25, -0.2) is 0 Å². The van der Waals surface area contributed by atoms with E-state index in [9.17, 15) is 4.79 Å². The van der Waals surface area contributed by atoms with E-state index < -0.39 is 0 Å². The summed E-state index contributed by atoms with van der Waals surface area (Å²) in [6.45, 7) is 0. The number of rotatable bonds is 0. The molecular weight excluding hydrogens is 315 g/mol. The highest BCUT2D eigenvalue weighted by atomic mass is 127. The molecule has 1 spiro atoms. The van der Waals surface area contributed by atoms with E-state index in [1.807, 2.05) is 18.2 Å². The van der Waals surface area contributed by atoms with Gasteiger partial charge in [0.1, 0.15) is 5.66 Å². The van der Waals surface area contributed by atoms with Crippen LogP contribution >= 0.6 is 22.6 Å². The molecule has 0 bridgehead atoms. The Kier molecular flexibility index (Phi) is 2.34. The minimum Gasteiger partial charge on any atom is -0.362 e. The third-order valence-electron chi connectivity index (χ3n) is 3.41. The number of nitrogens with one attached hydrogen (secondary N) is 2. The molecule has 0 aromatic heterocycles. The molecule has 0 unspecified atom stereocenters. The first kappa shape index (κ1) is 10.4.